The summed E-state index contributed by atoms with van der Waals surface area (Å²) >= 11 is 1.74. The Morgan fingerprint density at radius 2 is 2.04 bits per heavy atom. The van der Waals surface area contributed by atoms with Crippen LogP contribution < -0.4 is 9.47 Å². The van der Waals surface area contributed by atoms with Gasteiger partial charge in [0.1, 0.15) is 11.5 Å². The molecule has 5 heteroatoms. The zero-order chi connectivity index (χ0) is 18.4. The molecule has 5 rings (SSSR count). The molecule has 0 fully saturated rings. The van der Waals surface area contributed by atoms with Gasteiger partial charge in [-0.05, 0) is 48.2 Å². The molecule has 0 unspecified atom stereocenters. The van der Waals surface area contributed by atoms with Gasteiger partial charge < -0.3 is 9.47 Å². The normalized spacial score (nSPS) is 20.5. The minimum absolute atomic E-state index is 0.194. The van der Waals surface area contributed by atoms with Crippen molar-refractivity contribution in [1.29, 1.82) is 0 Å². The number of hydrogen-bond acceptors (Lipinski definition) is 5. The molecule has 2 aromatic carbocycles. The van der Waals surface area contributed by atoms with Crippen molar-refractivity contribution >= 4 is 17.0 Å². The standard InChI is InChI=1S/C22H20N2O2S/c1-14-12-15(9-10-19(14)25-2)22-24-18(16-6-3-4-7-20(16)26-22)13-17(23-24)21-8-5-11-27-21/h3-12,18,22H,13H2,1-2H3/t18-,22+/m0/s1. The van der Waals surface area contributed by atoms with E-state index in [0.29, 0.717) is 0 Å². The van der Waals surface area contributed by atoms with E-state index in [1.54, 1.807) is 18.4 Å². The van der Waals surface area contributed by atoms with Crippen LogP contribution in [0.3, 0.4) is 0 Å². The van der Waals surface area contributed by atoms with Gasteiger partial charge in [0.2, 0.25) is 6.23 Å². The van der Waals surface area contributed by atoms with Gasteiger partial charge in [-0.2, -0.15) is 5.10 Å². The van der Waals surface area contributed by atoms with E-state index < -0.39 is 0 Å². The summed E-state index contributed by atoms with van der Waals surface area (Å²) in [5.41, 5.74) is 4.51. The highest BCUT2D eigenvalue weighted by Gasteiger charge is 2.41. The smallest absolute Gasteiger partial charge is 0.213 e. The highest BCUT2D eigenvalue weighted by molar-refractivity contribution is 7.12. The Morgan fingerprint density at radius 3 is 2.81 bits per heavy atom. The van der Waals surface area contributed by atoms with Crippen molar-refractivity contribution in [2.75, 3.05) is 7.11 Å². The van der Waals surface area contributed by atoms with Gasteiger partial charge in [0.25, 0.3) is 0 Å². The molecule has 2 atom stereocenters. The molecule has 2 aliphatic heterocycles. The van der Waals surface area contributed by atoms with E-state index in [0.717, 1.165) is 34.8 Å². The van der Waals surface area contributed by atoms with Crippen molar-refractivity contribution in [3.8, 4) is 11.5 Å². The van der Waals surface area contributed by atoms with Gasteiger partial charge in [0.15, 0.2) is 0 Å². The van der Waals surface area contributed by atoms with Crippen LogP contribution in [-0.4, -0.2) is 17.8 Å². The molecule has 0 spiro atoms. The fourth-order valence-corrected chi connectivity index (χ4v) is 4.62. The van der Waals surface area contributed by atoms with E-state index in [9.17, 15) is 0 Å². The molecule has 27 heavy (non-hydrogen) atoms. The summed E-state index contributed by atoms with van der Waals surface area (Å²) in [6.07, 6.45) is 0.652. The van der Waals surface area contributed by atoms with Crippen LogP contribution in [0.2, 0.25) is 0 Å². The molecule has 4 nitrogen and oxygen atoms in total. The maximum Gasteiger partial charge on any atom is 0.213 e. The Bertz CT molecular complexity index is 1010. The summed E-state index contributed by atoms with van der Waals surface area (Å²) in [6.45, 7) is 2.06. The van der Waals surface area contributed by atoms with E-state index in [1.807, 2.05) is 12.1 Å². The fraction of sp³-hybridized carbons (Fsp3) is 0.227. The van der Waals surface area contributed by atoms with Crippen molar-refractivity contribution < 1.29 is 9.47 Å². The summed E-state index contributed by atoms with van der Waals surface area (Å²) in [6, 6.07) is 18.9. The van der Waals surface area contributed by atoms with Crippen LogP contribution in [0.25, 0.3) is 0 Å². The van der Waals surface area contributed by atoms with Gasteiger partial charge in [-0.3, -0.25) is 0 Å². The lowest BCUT2D eigenvalue weighted by Crippen LogP contribution is -2.33. The van der Waals surface area contributed by atoms with E-state index in [4.69, 9.17) is 14.6 Å². The molecule has 3 aromatic rings. The number of hydrogen-bond donors (Lipinski definition) is 0. The van der Waals surface area contributed by atoms with Crippen molar-refractivity contribution in [3.63, 3.8) is 0 Å². The first-order valence-electron chi connectivity index (χ1n) is 9.04. The van der Waals surface area contributed by atoms with Gasteiger partial charge in [-0.25, -0.2) is 5.01 Å². The average molecular weight is 376 g/mol. The first kappa shape index (κ1) is 16.4. The molecular weight excluding hydrogens is 356 g/mol. The number of ether oxygens (including phenoxy) is 2. The monoisotopic (exact) mass is 376 g/mol. The van der Waals surface area contributed by atoms with Crippen LogP contribution >= 0.6 is 11.3 Å². The summed E-state index contributed by atoms with van der Waals surface area (Å²) < 4.78 is 11.8. The van der Waals surface area contributed by atoms with Crippen LogP contribution in [0.5, 0.6) is 11.5 Å². The third-order valence-electron chi connectivity index (χ3n) is 5.21. The molecule has 136 valence electrons. The SMILES string of the molecule is COc1ccc([C@H]2Oc3ccccc3[C@@H]3CC(c4cccs4)=NN23)cc1C. The predicted octanol–water partition coefficient (Wildman–Crippen LogP) is 5.31. The minimum atomic E-state index is -0.244. The largest absolute Gasteiger partial charge is 0.496 e. The maximum absolute atomic E-state index is 6.41. The van der Waals surface area contributed by atoms with Crippen LogP contribution in [0, 0.1) is 6.92 Å². The zero-order valence-electron chi connectivity index (χ0n) is 15.3. The zero-order valence-corrected chi connectivity index (χ0v) is 16.1. The van der Waals surface area contributed by atoms with Gasteiger partial charge >= 0.3 is 0 Å². The third kappa shape index (κ3) is 2.70. The Labute approximate surface area is 162 Å². The molecule has 3 heterocycles. The summed E-state index contributed by atoms with van der Waals surface area (Å²) in [4.78, 5) is 1.23. The molecule has 0 amide bonds. The molecule has 0 saturated heterocycles. The third-order valence-corrected chi connectivity index (χ3v) is 6.13. The number of rotatable bonds is 3. The number of hydrazone groups is 1. The predicted molar refractivity (Wildman–Crippen MR) is 108 cm³/mol. The van der Waals surface area contributed by atoms with E-state index >= 15 is 0 Å². The van der Waals surface area contributed by atoms with Crippen LogP contribution in [0.1, 0.15) is 40.3 Å². The summed E-state index contributed by atoms with van der Waals surface area (Å²) in [5, 5.41) is 9.21. The molecular formula is C22H20N2O2S. The molecule has 0 aliphatic carbocycles. The Balaban J connectivity index is 1.59. The first-order valence-corrected chi connectivity index (χ1v) is 9.92. The topological polar surface area (TPSA) is 34.1 Å². The van der Waals surface area contributed by atoms with E-state index in [1.165, 1.54) is 10.4 Å². The average Bonchev–Trinajstić information content (AvgIpc) is 3.37. The second kappa shape index (κ2) is 6.43. The molecule has 0 saturated carbocycles. The molecule has 1 aromatic heterocycles. The Kier molecular flexibility index (Phi) is 3.90. The van der Waals surface area contributed by atoms with Gasteiger partial charge in [-0.15, -0.1) is 11.3 Å². The fourth-order valence-electron chi connectivity index (χ4n) is 3.90. The second-order valence-corrected chi connectivity index (χ2v) is 7.81. The molecule has 0 radical (unpaired) electrons. The highest BCUT2D eigenvalue weighted by Crippen LogP contribution is 2.47. The van der Waals surface area contributed by atoms with Crippen LogP contribution in [0.4, 0.5) is 0 Å². The minimum Gasteiger partial charge on any atom is -0.496 e. The van der Waals surface area contributed by atoms with Crippen LogP contribution in [0.15, 0.2) is 65.1 Å². The highest BCUT2D eigenvalue weighted by atomic mass is 32.1. The number of fused-ring (bicyclic) bond motifs is 3. The molecule has 2 aliphatic rings. The number of aryl methyl sites for hydroxylation is 1. The van der Waals surface area contributed by atoms with Gasteiger partial charge in [-0.1, -0.05) is 24.3 Å². The lowest BCUT2D eigenvalue weighted by molar-refractivity contribution is -0.0190. The number of thiophene rings is 1. The van der Waals surface area contributed by atoms with Gasteiger partial charge in [0, 0.05) is 17.5 Å². The lowest BCUT2D eigenvalue weighted by Gasteiger charge is -2.38. The number of benzene rings is 2. The second-order valence-electron chi connectivity index (χ2n) is 6.86. The Hall–Kier alpha value is -2.79. The number of nitrogens with zero attached hydrogens (tertiary/aromatic N) is 2. The Morgan fingerprint density at radius 1 is 1.15 bits per heavy atom. The molecule has 0 N–H and O–H groups in total. The maximum atomic E-state index is 6.41. The van der Waals surface area contributed by atoms with E-state index in [-0.39, 0.29) is 12.3 Å². The van der Waals surface area contributed by atoms with Crippen molar-refractivity contribution in [1.82, 2.24) is 5.01 Å². The first-order chi connectivity index (χ1) is 13.2. The van der Waals surface area contributed by atoms with Gasteiger partial charge in [0.05, 0.1) is 23.7 Å². The van der Waals surface area contributed by atoms with E-state index in [2.05, 4.69) is 59.8 Å². The summed E-state index contributed by atoms with van der Waals surface area (Å²) in [7, 11) is 1.70. The number of methoxy groups -OCH3 is 1. The lowest BCUT2D eigenvalue weighted by atomic mass is 9.97. The summed E-state index contributed by atoms with van der Waals surface area (Å²) in [5.74, 6) is 1.83. The van der Waals surface area contributed by atoms with Crippen molar-refractivity contribution in [3.05, 3.63) is 81.5 Å². The van der Waals surface area contributed by atoms with Crippen molar-refractivity contribution in [2.45, 2.75) is 25.6 Å². The quantitative estimate of drug-likeness (QED) is 0.621. The molecule has 0 bridgehead atoms. The van der Waals surface area contributed by atoms with Crippen molar-refractivity contribution in [2.24, 2.45) is 5.10 Å². The number of para-hydroxylation sites is 1. The van der Waals surface area contributed by atoms with Crippen LogP contribution in [-0.2, 0) is 0 Å².